The fourth-order valence-corrected chi connectivity index (χ4v) is 3.28. The Kier molecular flexibility index (Phi) is 2.83. The average Bonchev–Trinajstić information content (AvgIpc) is 2.33. The molecule has 0 amide bonds. The van der Waals surface area contributed by atoms with Crippen LogP contribution in [0.15, 0.2) is 30.3 Å². The predicted octanol–water partition coefficient (Wildman–Crippen LogP) is 3.31. The van der Waals surface area contributed by atoms with Crippen LogP contribution in [0.4, 0.5) is 0 Å². The molecule has 94 valence electrons. The molecule has 0 radical (unpaired) electrons. The highest BCUT2D eigenvalue weighted by molar-refractivity contribution is 5.83. The summed E-state index contributed by atoms with van der Waals surface area (Å²) < 4.78 is 0. The number of fused-ring (bicyclic) bond motifs is 1. The summed E-state index contributed by atoms with van der Waals surface area (Å²) >= 11 is 0. The maximum atomic E-state index is 5.83. The van der Waals surface area contributed by atoms with Crippen LogP contribution < -0.4 is 5.73 Å². The third-order valence-electron chi connectivity index (χ3n) is 4.35. The molecule has 1 aliphatic carbocycles. The zero-order valence-corrected chi connectivity index (χ0v) is 10.9. The van der Waals surface area contributed by atoms with Gasteiger partial charge in [-0.25, -0.2) is 0 Å². The third kappa shape index (κ3) is 1.72. The minimum atomic E-state index is 0.321. The highest BCUT2D eigenvalue weighted by Crippen LogP contribution is 2.48. The van der Waals surface area contributed by atoms with Crippen LogP contribution in [0.3, 0.4) is 0 Å². The van der Waals surface area contributed by atoms with Crippen LogP contribution >= 0.6 is 0 Å². The molecule has 0 unspecified atom stereocenters. The molecule has 0 spiro atoms. The minimum Gasteiger partial charge on any atom is -0.330 e. The number of rotatable bonds is 3. The molecule has 1 aromatic carbocycles. The zero-order valence-electron chi connectivity index (χ0n) is 10.9. The summed E-state index contributed by atoms with van der Waals surface area (Å²) in [5.74, 6) is 0. The van der Waals surface area contributed by atoms with Crippen LogP contribution in [0.1, 0.15) is 36.9 Å². The van der Waals surface area contributed by atoms with Gasteiger partial charge in [0.1, 0.15) is 0 Å². The lowest BCUT2D eigenvalue weighted by Gasteiger charge is -2.43. The van der Waals surface area contributed by atoms with Crippen molar-refractivity contribution in [1.29, 1.82) is 0 Å². The molecule has 1 aromatic heterocycles. The molecule has 1 saturated carbocycles. The Bertz CT molecular complexity index is 570. The summed E-state index contributed by atoms with van der Waals surface area (Å²) in [4.78, 5) is 4.64. The molecule has 1 heterocycles. The van der Waals surface area contributed by atoms with Crippen LogP contribution in [0, 0.1) is 6.92 Å². The van der Waals surface area contributed by atoms with Gasteiger partial charge in [-0.15, -0.1) is 0 Å². The van der Waals surface area contributed by atoms with Crippen LogP contribution in [0.2, 0.25) is 0 Å². The number of nitrogens with zero attached hydrogens (tertiary/aromatic N) is 1. The number of benzene rings is 1. The van der Waals surface area contributed by atoms with Crippen molar-refractivity contribution in [3.05, 3.63) is 41.6 Å². The van der Waals surface area contributed by atoms with Crippen molar-refractivity contribution in [2.75, 3.05) is 6.54 Å². The number of para-hydroxylation sites is 1. The molecule has 18 heavy (non-hydrogen) atoms. The largest absolute Gasteiger partial charge is 0.330 e. The number of hydrogen-bond acceptors (Lipinski definition) is 2. The second-order valence-electron chi connectivity index (χ2n) is 5.50. The van der Waals surface area contributed by atoms with Gasteiger partial charge >= 0.3 is 0 Å². The van der Waals surface area contributed by atoms with Crippen molar-refractivity contribution < 1.29 is 0 Å². The van der Waals surface area contributed by atoms with Gasteiger partial charge in [0.05, 0.1) is 5.52 Å². The van der Waals surface area contributed by atoms with Gasteiger partial charge in [-0.2, -0.15) is 0 Å². The molecule has 0 aliphatic heterocycles. The second-order valence-corrected chi connectivity index (χ2v) is 5.50. The summed E-state index contributed by atoms with van der Waals surface area (Å²) in [5, 5.41) is 1.32. The van der Waals surface area contributed by atoms with E-state index in [2.05, 4.69) is 42.2 Å². The Labute approximate surface area is 108 Å². The standard InChI is InChI=1S/C16H20N2/c1-12-11-14(16(9-10-17)7-4-8-16)13-5-2-3-6-15(13)18-12/h2-3,5-6,11H,4,7-10,17H2,1H3. The maximum Gasteiger partial charge on any atom is 0.0708 e. The third-order valence-corrected chi connectivity index (χ3v) is 4.35. The Morgan fingerprint density at radius 3 is 2.72 bits per heavy atom. The molecular weight excluding hydrogens is 220 g/mol. The maximum absolute atomic E-state index is 5.83. The monoisotopic (exact) mass is 240 g/mol. The van der Waals surface area contributed by atoms with Crippen LogP contribution in [0.25, 0.3) is 10.9 Å². The molecular formula is C16H20N2. The number of pyridine rings is 1. The molecule has 0 saturated heterocycles. The van der Waals surface area contributed by atoms with E-state index in [1.54, 1.807) is 0 Å². The number of aryl methyl sites for hydroxylation is 1. The average molecular weight is 240 g/mol. The van der Waals surface area contributed by atoms with Crippen LogP contribution in [-0.4, -0.2) is 11.5 Å². The summed E-state index contributed by atoms with van der Waals surface area (Å²) in [6, 6.07) is 10.8. The second kappa shape index (κ2) is 4.36. The van der Waals surface area contributed by atoms with E-state index < -0.39 is 0 Å². The summed E-state index contributed by atoms with van der Waals surface area (Å²) in [5.41, 5.74) is 9.86. The Morgan fingerprint density at radius 1 is 1.28 bits per heavy atom. The molecule has 0 atom stereocenters. The molecule has 3 rings (SSSR count). The van der Waals surface area contributed by atoms with Gasteiger partial charge in [0, 0.05) is 11.1 Å². The normalized spacial score (nSPS) is 17.7. The van der Waals surface area contributed by atoms with Crippen molar-refractivity contribution in [3.8, 4) is 0 Å². The first-order chi connectivity index (χ1) is 8.75. The first-order valence-electron chi connectivity index (χ1n) is 6.82. The van der Waals surface area contributed by atoms with Crippen molar-refractivity contribution in [1.82, 2.24) is 4.98 Å². The van der Waals surface area contributed by atoms with Gasteiger partial charge in [-0.1, -0.05) is 24.6 Å². The van der Waals surface area contributed by atoms with Crippen LogP contribution in [0.5, 0.6) is 0 Å². The fraction of sp³-hybridized carbons (Fsp3) is 0.438. The number of nitrogens with two attached hydrogens (primary N) is 1. The lowest BCUT2D eigenvalue weighted by atomic mass is 9.62. The van der Waals surface area contributed by atoms with E-state index in [1.165, 1.54) is 30.2 Å². The Morgan fingerprint density at radius 2 is 2.06 bits per heavy atom. The smallest absolute Gasteiger partial charge is 0.0708 e. The van der Waals surface area contributed by atoms with Gasteiger partial charge < -0.3 is 5.73 Å². The summed E-state index contributed by atoms with van der Waals surface area (Å²) in [6.07, 6.45) is 4.98. The summed E-state index contributed by atoms with van der Waals surface area (Å²) in [7, 11) is 0. The van der Waals surface area contributed by atoms with E-state index in [0.29, 0.717) is 5.41 Å². The Hall–Kier alpha value is -1.41. The topological polar surface area (TPSA) is 38.9 Å². The van der Waals surface area contributed by atoms with Gasteiger partial charge in [0.25, 0.3) is 0 Å². The molecule has 1 aliphatic rings. The minimum absolute atomic E-state index is 0.321. The SMILES string of the molecule is Cc1cc(C2(CCN)CCC2)c2ccccc2n1. The van der Waals surface area contributed by atoms with Crippen molar-refractivity contribution >= 4 is 10.9 Å². The lowest BCUT2D eigenvalue weighted by molar-refractivity contribution is 0.231. The molecule has 2 aromatic rings. The molecule has 2 N–H and O–H groups in total. The predicted molar refractivity (Wildman–Crippen MR) is 75.7 cm³/mol. The van der Waals surface area contributed by atoms with E-state index >= 15 is 0 Å². The van der Waals surface area contributed by atoms with Gasteiger partial charge in [-0.05, 0) is 55.8 Å². The van der Waals surface area contributed by atoms with Gasteiger partial charge in [0.15, 0.2) is 0 Å². The van der Waals surface area contributed by atoms with Gasteiger partial charge in [-0.3, -0.25) is 4.98 Å². The van der Waals surface area contributed by atoms with E-state index in [9.17, 15) is 0 Å². The Balaban J connectivity index is 2.21. The van der Waals surface area contributed by atoms with E-state index in [0.717, 1.165) is 24.2 Å². The molecule has 1 fully saturated rings. The molecule has 2 heteroatoms. The van der Waals surface area contributed by atoms with Crippen molar-refractivity contribution in [3.63, 3.8) is 0 Å². The van der Waals surface area contributed by atoms with Gasteiger partial charge in [0.2, 0.25) is 0 Å². The van der Waals surface area contributed by atoms with E-state index in [4.69, 9.17) is 5.73 Å². The lowest BCUT2D eigenvalue weighted by Crippen LogP contribution is -2.36. The van der Waals surface area contributed by atoms with E-state index in [-0.39, 0.29) is 0 Å². The highest BCUT2D eigenvalue weighted by atomic mass is 14.7. The number of aromatic nitrogens is 1. The summed E-state index contributed by atoms with van der Waals surface area (Å²) in [6.45, 7) is 2.86. The fourth-order valence-electron chi connectivity index (χ4n) is 3.28. The number of hydrogen-bond donors (Lipinski definition) is 1. The van der Waals surface area contributed by atoms with Crippen LogP contribution in [-0.2, 0) is 5.41 Å². The zero-order chi connectivity index (χ0) is 12.6. The van der Waals surface area contributed by atoms with E-state index in [1.807, 2.05) is 0 Å². The highest BCUT2D eigenvalue weighted by Gasteiger charge is 2.39. The van der Waals surface area contributed by atoms with Crippen molar-refractivity contribution in [2.24, 2.45) is 5.73 Å². The molecule has 2 nitrogen and oxygen atoms in total. The quantitative estimate of drug-likeness (QED) is 0.894. The van der Waals surface area contributed by atoms with Crippen molar-refractivity contribution in [2.45, 2.75) is 38.0 Å². The first kappa shape index (κ1) is 11.7. The first-order valence-corrected chi connectivity index (χ1v) is 6.82. The molecule has 0 bridgehead atoms.